The number of anilines is 1. The molecule has 31 heavy (non-hydrogen) atoms. The van der Waals surface area contributed by atoms with Crippen LogP contribution in [0.3, 0.4) is 0 Å². The molecule has 2 aliphatic rings. The Morgan fingerprint density at radius 3 is 2.68 bits per heavy atom. The van der Waals surface area contributed by atoms with Gasteiger partial charge in [-0.3, -0.25) is 14.6 Å². The number of amides is 2. The van der Waals surface area contributed by atoms with Crippen LogP contribution < -0.4 is 5.32 Å². The zero-order valence-corrected chi connectivity index (χ0v) is 18.8. The summed E-state index contributed by atoms with van der Waals surface area (Å²) in [6.07, 6.45) is 1.53. The van der Waals surface area contributed by atoms with Gasteiger partial charge in [0.2, 0.25) is 5.91 Å². The molecule has 0 aromatic heterocycles. The second kappa shape index (κ2) is 9.06. The number of carbonyl (C=O) groups is 2. The Bertz CT molecular complexity index is 1080. The number of para-hydroxylation sites is 2. The van der Waals surface area contributed by atoms with Gasteiger partial charge in [0.15, 0.2) is 5.17 Å². The fraction of sp³-hybridized carbons (Fsp3) is 0.333. The van der Waals surface area contributed by atoms with Crippen molar-refractivity contribution in [3.8, 4) is 0 Å². The van der Waals surface area contributed by atoms with Crippen LogP contribution in [0.1, 0.15) is 38.3 Å². The summed E-state index contributed by atoms with van der Waals surface area (Å²) in [5.41, 5.74) is 3.54. The van der Waals surface area contributed by atoms with Gasteiger partial charge in [-0.25, -0.2) is 9.89 Å². The summed E-state index contributed by atoms with van der Waals surface area (Å²) in [6, 6.07) is 15.1. The van der Waals surface area contributed by atoms with E-state index in [-0.39, 0.29) is 17.6 Å². The van der Waals surface area contributed by atoms with E-state index in [4.69, 9.17) is 4.99 Å². The van der Waals surface area contributed by atoms with Crippen molar-refractivity contribution in [2.45, 2.75) is 39.7 Å². The third kappa shape index (κ3) is 4.42. The van der Waals surface area contributed by atoms with Crippen LogP contribution in [-0.2, 0) is 16.0 Å². The predicted octanol–water partition coefficient (Wildman–Crippen LogP) is 4.63. The quantitative estimate of drug-likeness (QED) is 0.721. The monoisotopic (exact) mass is 434 g/mol. The summed E-state index contributed by atoms with van der Waals surface area (Å²) < 4.78 is 0. The largest absolute Gasteiger partial charge is 0.325 e. The highest BCUT2D eigenvalue weighted by Gasteiger charge is 2.41. The van der Waals surface area contributed by atoms with E-state index in [0.29, 0.717) is 23.3 Å². The van der Waals surface area contributed by atoms with Gasteiger partial charge in [-0.15, -0.1) is 0 Å². The maximum atomic E-state index is 13.1. The number of thioether (sulfide) groups is 1. The lowest BCUT2D eigenvalue weighted by Crippen LogP contribution is -2.41. The standard InChI is InChI=1S/C24H26N4O2S/c1-4-16-9-5-7-11-18(16)25-21(29)14-31-24-27-19-12-8-6-10-17(19)22-26-20(13-15(2)3)23(30)28(22)24/h5-12,15,20H,4,13-14H2,1-3H3,(H,25,29)/t20-/m0/s1. The number of hydrogen-bond donors (Lipinski definition) is 1. The number of amidine groups is 2. The van der Waals surface area contributed by atoms with E-state index in [1.807, 2.05) is 48.5 Å². The average molecular weight is 435 g/mol. The number of aliphatic imine (C=N–C) groups is 2. The molecule has 0 aliphatic carbocycles. The topological polar surface area (TPSA) is 74.1 Å². The van der Waals surface area contributed by atoms with E-state index in [1.165, 1.54) is 11.8 Å². The number of nitrogens with one attached hydrogen (secondary N) is 1. The van der Waals surface area contributed by atoms with Gasteiger partial charge >= 0.3 is 0 Å². The summed E-state index contributed by atoms with van der Waals surface area (Å²) in [7, 11) is 0. The lowest BCUT2D eigenvalue weighted by atomic mass is 10.0. The number of rotatable bonds is 6. The highest BCUT2D eigenvalue weighted by molar-refractivity contribution is 8.14. The first-order valence-electron chi connectivity index (χ1n) is 10.6. The molecule has 0 spiro atoms. The average Bonchev–Trinajstić information content (AvgIpc) is 3.08. The van der Waals surface area contributed by atoms with Crippen LogP contribution in [0.15, 0.2) is 58.5 Å². The van der Waals surface area contributed by atoms with Crippen LogP contribution in [0, 0.1) is 5.92 Å². The van der Waals surface area contributed by atoms with Gasteiger partial charge in [-0.1, -0.05) is 62.9 Å². The number of benzene rings is 2. The van der Waals surface area contributed by atoms with E-state index in [2.05, 4.69) is 31.1 Å². The van der Waals surface area contributed by atoms with Crippen molar-refractivity contribution in [3.63, 3.8) is 0 Å². The Morgan fingerprint density at radius 2 is 1.90 bits per heavy atom. The maximum Gasteiger partial charge on any atom is 0.259 e. The zero-order valence-electron chi connectivity index (χ0n) is 18.0. The smallest absolute Gasteiger partial charge is 0.259 e. The van der Waals surface area contributed by atoms with Crippen molar-refractivity contribution in [3.05, 3.63) is 59.7 Å². The number of aryl methyl sites for hydroxylation is 1. The summed E-state index contributed by atoms with van der Waals surface area (Å²) in [5.74, 6) is 0.954. The first-order valence-corrected chi connectivity index (χ1v) is 11.6. The minimum Gasteiger partial charge on any atom is -0.325 e. The summed E-state index contributed by atoms with van der Waals surface area (Å²) in [6.45, 7) is 6.23. The molecule has 2 heterocycles. The molecule has 0 saturated carbocycles. The number of carbonyl (C=O) groups excluding carboxylic acids is 2. The van der Waals surface area contributed by atoms with Crippen molar-refractivity contribution in [1.29, 1.82) is 0 Å². The minimum absolute atomic E-state index is 0.0683. The Balaban J connectivity index is 1.54. The molecule has 1 atom stereocenters. The van der Waals surface area contributed by atoms with Crippen LogP contribution >= 0.6 is 11.8 Å². The molecule has 4 rings (SSSR count). The van der Waals surface area contributed by atoms with Crippen molar-refractivity contribution in [1.82, 2.24) is 4.90 Å². The van der Waals surface area contributed by atoms with Crippen molar-refractivity contribution >= 4 is 46.0 Å². The fourth-order valence-corrected chi connectivity index (χ4v) is 4.57. The molecule has 1 N–H and O–H groups in total. The molecule has 0 saturated heterocycles. The van der Waals surface area contributed by atoms with Gasteiger partial charge in [0.05, 0.1) is 11.4 Å². The third-order valence-electron chi connectivity index (χ3n) is 5.25. The molecule has 2 amide bonds. The van der Waals surface area contributed by atoms with Crippen molar-refractivity contribution in [2.75, 3.05) is 11.1 Å². The molecule has 6 nitrogen and oxygen atoms in total. The molecular formula is C24H26N4O2S. The minimum atomic E-state index is -0.405. The molecule has 2 aromatic carbocycles. The van der Waals surface area contributed by atoms with Gasteiger partial charge in [-0.05, 0) is 42.5 Å². The molecule has 0 bridgehead atoms. The number of hydrogen-bond acceptors (Lipinski definition) is 5. The molecule has 2 aromatic rings. The van der Waals surface area contributed by atoms with Crippen LogP contribution in [0.25, 0.3) is 0 Å². The van der Waals surface area contributed by atoms with E-state index in [0.717, 1.165) is 28.9 Å². The fourth-order valence-electron chi connectivity index (χ4n) is 3.77. The SMILES string of the molecule is CCc1ccccc1NC(=O)CSC1=Nc2ccccc2C2=N[C@@H](CC(C)C)C(=O)N12. The summed E-state index contributed by atoms with van der Waals surface area (Å²) in [5, 5.41) is 3.48. The van der Waals surface area contributed by atoms with E-state index < -0.39 is 6.04 Å². The highest BCUT2D eigenvalue weighted by atomic mass is 32.2. The molecule has 160 valence electrons. The van der Waals surface area contributed by atoms with E-state index in [9.17, 15) is 9.59 Å². The molecule has 0 radical (unpaired) electrons. The maximum absolute atomic E-state index is 13.1. The molecule has 2 aliphatic heterocycles. The highest BCUT2D eigenvalue weighted by Crippen LogP contribution is 2.34. The van der Waals surface area contributed by atoms with Gasteiger partial charge in [0, 0.05) is 11.3 Å². The van der Waals surface area contributed by atoms with Crippen molar-refractivity contribution < 1.29 is 9.59 Å². The Labute approximate surface area is 186 Å². The van der Waals surface area contributed by atoms with Crippen LogP contribution in [0.4, 0.5) is 11.4 Å². The molecule has 0 unspecified atom stereocenters. The van der Waals surface area contributed by atoms with Crippen LogP contribution in [0.5, 0.6) is 0 Å². The predicted molar refractivity (Wildman–Crippen MR) is 127 cm³/mol. The second-order valence-electron chi connectivity index (χ2n) is 8.03. The zero-order chi connectivity index (χ0) is 22.0. The Kier molecular flexibility index (Phi) is 6.23. The van der Waals surface area contributed by atoms with Crippen LogP contribution in [-0.4, -0.2) is 39.5 Å². The first kappa shape index (κ1) is 21.3. The summed E-state index contributed by atoms with van der Waals surface area (Å²) in [4.78, 5) is 36.8. The second-order valence-corrected chi connectivity index (χ2v) is 8.97. The van der Waals surface area contributed by atoms with E-state index in [1.54, 1.807) is 4.90 Å². The molecule has 7 heteroatoms. The first-order chi connectivity index (χ1) is 15.0. The molecule has 0 fully saturated rings. The number of nitrogens with zero attached hydrogens (tertiary/aromatic N) is 3. The van der Waals surface area contributed by atoms with Gasteiger partial charge in [0.25, 0.3) is 5.91 Å². The lowest BCUT2D eigenvalue weighted by Gasteiger charge is -2.25. The normalized spacial score (nSPS) is 17.2. The molecular weight excluding hydrogens is 408 g/mol. The van der Waals surface area contributed by atoms with Gasteiger partial charge < -0.3 is 5.32 Å². The Morgan fingerprint density at radius 1 is 1.16 bits per heavy atom. The van der Waals surface area contributed by atoms with Gasteiger partial charge in [-0.2, -0.15) is 0 Å². The van der Waals surface area contributed by atoms with Crippen molar-refractivity contribution in [2.24, 2.45) is 15.9 Å². The third-order valence-corrected chi connectivity index (χ3v) is 6.19. The van der Waals surface area contributed by atoms with Gasteiger partial charge in [0.1, 0.15) is 11.9 Å². The Hall–Kier alpha value is -2.93. The van der Waals surface area contributed by atoms with E-state index >= 15 is 0 Å². The summed E-state index contributed by atoms with van der Waals surface area (Å²) >= 11 is 1.27. The lowest BCUT2D eigenvalue weighted by molar-refractivity contribution is -0.125. The number of fused-ring (bicyclic) bond motifs is 3. The van der Waals surface area contributed by atoms with Crippen LogP contribution in [0.2, 0.25) is 0 Å².